The molecule has 0 unspecified atom stereocenters. The second kappa shape index (κ2) is 2.81. The molecule has 1 N–H and O–H groups in total. The number of amides is 1. The van der Waals surface area contributed by atoms with E-state index in [1.54, 1.807) is 0 Å². The Hall–Kier alpha value is -0.570. The summed E-state index contributed by atoms with van der Waals surface area (Å²) in [6.45, 7) is 2.52. The standard InChI is InChI=1S/C8H14N2O/c11-8-6-10(5-4-9-8)7-2-1-3-7/h7H,1-6H2,(H,9,11). The smallest absolute Gasteiger partial charge is 0.234 e. The molecule has 2 fully saturated rings. The molecule has 0 aromatic rings. The minimum Gasteiger partial charge on any atom is -0.354 e. The van der Waals surface area contributed by atoms with E-state index in [2.05, 4.69) is 10.2 Å². The number of carbonyl (C=O) groups is 1. The largest absolute Gasteiger partial charge is 0.354 e. The lowest BCUT2D eigenvalue weighted by molar-refractivity contribution is -0.125. The Bertz CT molecular complexity index is 165. The van der Waals surface area contributed by atoms with E-state index >= 15 is 0 Å². The van der Waals surface area contributed by atoms with Crippen LogP contribution in [0.4, 0.5) is 0 Å². The van der Waals surface area contributed by atoms with Crippen LogP contribution in [0, 0.1) is 0 Å². The van der Waals surface area contributed by atoms with Crippen LogP contribution in [0.15, 0.2) is 0 Å². The summed E-state index contributed by atoms with van der Waals surface area (Å²) in [6, 6.07) is 0.723. The fourth-order valence-electron chi connectivity index (χ4n) is 1.72. The Labute approximate surface area is 66.8 Å². The van der Waals surface area contributed by atoms with Crippen molar-refractivity contribution in [2.45, 2.75) is 25.3 Å². The van der Waals surface area contributed by atoms with E-state index in [1.807, 2.05) is 0 Å². The molecule has 2 rings (SSSR count). The molecule has 1 amide bonds. The van der Waals surface area contributed by atoms with Gasteiger partial charge in [-0.2, -0.15) is 0 Å². The van der Waals surface area contributed by atoms with E-state index in [0.29, 0.717) is 6.54 Å². The molecule has 1 saturated carbocycles. The number of nitrogens with one attached hydrogen (secondary N) is 1. The lowest BCUT2D eigenvalue weighted by Crippen LogP contribution is -2.53. The van der Waals surface area contributed by atoms with Crippen molar-refractivity contribution in [3.8, 4) is 0 Å². The van der Waals surface area contributed by atoms with Crippen LogP contribution in [0.25, 0.3) is 0 Å². The van der Waals surface area contributed by atoms with E-state index in [4.69, 9.17) is 0 Å². The van der Waals surface area contributed by atoms with Crippen LogP contribution in [0.5, 0.6) is 0 Å². The zero-order chi connectivity index (χ0) is 7.68. The monoisotopic (exact) mass is 154 g/mol. The molecule has 1 aliphatic heterocycles. The van der Waals surface area contributed by atoms with Crippen LogP contribution in [0.1, 0.15) is 19.3 Å². The lowest BCUT2D eigenvalue weighted by atomic mass is 9.91. The fourth-order valence-corrected chi connectivity index (χ4v) is 1.72. The number of hydrogen-bond acceptors (Lipinski definition) is 2. The molecule has 11 heavy (non-hydrogen) atoms. The van der Waals surface area contributed by atoms with E-state index in [9.17, 15) is 4.79 Å². The molecule has 1 saturated heterocycles. The molecular formula is C8H14N2O. The molecule has 0 aromatic heterocycles. The molecule has 3 heteroatoms. The molecule has 0 radical (unpaired) electrons. The Balaban J connectivity index is 1.87. The summed E-state index contributed by atoms with van der Waals surface area (Å²) in [4.78, 5) is 13.3. The van der Waals surface area contributed by atoms with E-state index < -0.39 is 0 Å². The first-order valence-electron chi connectivity index (χ1n) is 4.37. The molecule has 0 atom stereocenters. The van der Waals surface area contributed by atoms with Crippen molar-refractivity contribution >= 4 is 5.91 Å². The molecule has 0 aromatic carbocycles. The van der Waals surface area contributed by atoms with Crippen molar-refractivity contribution in [3.63, 3.8) is 0 Å². The molecule has 0 bridgehead atoms. The summed E-state index contributed by atoms with van der Waals surface area (Å²) in [5.74, 6) is 0.197. The number of nitrogens with zero attached hydrogens (tertiary/aromatic N) is 1. The molecule has 3 nitrogen and oxygen atoms in total. The summed E-state index contributed by atoms with van der Waals surface area (Å²) in [6.07, 6.45) is 3.95. The van der Waals surface area contributed by atoms with Gasteiger partial charge in [-0.3, -0.25) is 9.69 Å². The minimum absolute atomic E-state index is 0.197. The third-order valence-electron chi connectivity index (χ3n) is 2.66. The van der Waals surface area contributed by atoms with Gasteiger partial charge in [-0.25, -0.2) is 0 Å². The highest BCUT2D eigenvalue weighted by Gasteiger charge is 2.27. The molecule has 1 heterocycles. The molecule has 62 valence electrons. The second-order valence-electron chi connectivity index (χ2n) is 3.41. The Morgan fingerprint density at radius 3 is 2.82 bits per heavy atom. The van der Waals surface area contributed by atoms with Gasteiger partial charge < -0.3 is 5.32 Å². The van der Waals surface area contributed by atoms with E-state index in [-0.39, 0.29) is 5.91 Å². The maximum Gasteiger partial charge on any atom is 0.234 e. The van der Waals surface area contributed by atoms with Crippen LogP contribution in [0.2, 0.25) is 0 Å². The van der Waals surface area contributed by atoms with E-state index in [0.717, 1.165) is 19.1 Å². The van der Waals surface area contributed by atoms with Gasteiger partial charge in [-0.05, 0) is 12.8 Å². The molecule has 0 spiro atoms. The number of carbonyl (C=O) groups excluding carboxylic acids is 1. The number of hydrogen-bond donors (Lipinski definition) is 1. The maximum absolute atomic E-state index is 11.0. The second-order valence-corrected chi connectivity index (χ2v) is 3.41. The number of piperazine rings is 1. The van der Waals surface area contributed by atoms with Crippen LogP contribution in [0.3, 0.4) is 0 Å². The summed E-state index contributed by atoms with van der Waals surface area (Å²) < 4.78 is 0. The third-order valence-corrected chi connectivity index (χ3v) is 2.66. The molecular weight excluding hydrogens is 140 g/mol. The van der Waals surface area contributed by atoms with Crippen molar-refractivity contribution in [2.75, 3.05) is 19.6 Å². The van der Waals surface area contributed by atoms with Gasteiger partial charge in [-0.15, -0.1) is 0 Å². The van der Waals surface area contributed by atoms with Gasteiger partial charge >= 0.3 is 0 Å². The highest BCUT2D eigenvalue weighted by molar-refractivity contribution is 5.78. The highest BCUT2D eigenvalue weighted by Crippen LogP contribution is 2.24. The highest BCUT2D eigenvalue weighted by atomic mass is 16.2. The maximum atomic E-state index is 11.0. The van der Waals surface area contributed by atoms with Gasteiger partial charge in [0.25, 0.3) is 0 Å². The summed E-state index contributed by atoms with van der Waals surface area (Å²) in [7, 11) is 0. The van der Waals surface area contributed by atoms with Crippen molar-refractivity contribution in [3.05, 3.63) is 0 Å². The topological polar surface area (TPSA) is 32.3 Å². The lowest BCUT2D eigenvalue weighted by Gasteiger charge is -2.39. The summed E-state index contributed by atoms with van der Waals surface area (Å²) >= 11 is 0. The summed E-state index contributed by atoms with van der Waals surface area (Å²) in [5.41, 5.74) is 0. The van der Waals surface area contributed by atoms with Crippen molar-refractivity contribution in [1.82, 2.24) is 10.2 Å². The van der Waals surface area contributed by atoms with Crippen LogP contribution < -0.4 is 5.32 Å². The number of rotatable bonds is 1. The third kappa shape index (κ3) is 1.38. The normalized spacial score (nSPS) is 27.8. The van der Waals surface area contributed by atoms with Gasteiger partial charge in [-0.1, -0.05) is 6.42 Å². The molecule has 2 aliphatic rings. The first-order valence-corrected chi connectivity index (χ1v) is 4.37. The van der Waals surface area contributed by atoms with Crippen LogP contribution in [-0.4, -0.2) is 36.5 Å². The zero-order valence-electron chi connectivity index (χ0n) is 6.68. The Morgan fingerprint density at radius 1 is 1.45 bits per heavy atom. The fraction of sp³-hybridized carbons (Fsp3) is 0.875. The van der Waals surface area contributed by atoms with Gasteiger partial charge in [0.05, 0.1) is 6.54 Å². The van der Waals surface area contributed by atoms with Crippen molar-refractivity contribution in [1.29, 1.82) is 0 Å². The van der Waals surface area contributed by atoms with Crippen molar-refractivity contribution < 1.29 is 4.79 Å². The predicted octanol–water partition coefficient (Wildman–Crippen LogP) is -0.0293. The van der Waals surface area contributed by atoms with Crippen molar-refractivity contribution in [2.24, 2.45) is 0 Å². The van der Waals surface area contributed by atoms with Crippen LogP contribution >= 0.6 is 0 Å². The first-order chi connectivity index (χ1) is 5.36. The van der Waals surface area contributed by atoms with Gasteiger partial charge in [0.1, 0.15) is 0 Å². The van der Waals surface area contributed by atoms with E-state index in [1.165, 1.54) is 19.3 Å². The van der Waals surface area contributed by atoms with Gasteiger partial charge in [0.15, 0.2) is 0 Å². The Kier molecular flexibility index (Phi) is 1.82. The minimum atomic E-state index is 0.197. The quantitative estimate of drug-likeness (QED) is 0.575. The Morgan fingerprint density at radius 2 is 2.27 bits per heavy atom. The van der Waals surface area contributed by atoms with Crippen LogP contribution in [-0.2, 0) is 4.79 Å². The summed E-state index contributed by atoms with van der Waals surface area (Å²) in [5, 5.41) is 2.83. The van der Waals surface area contributed by atoms with Gasteiger partial charge in [0, 0.05) is 19.1 Å². The zero-order valence-corrected chi connectivity index (χ0v) is 6.68. The van der Waals surface area contributed by atoms with Gasteiger partial charge in [0.2, 0.25) is 5.91 Å². The average molecular weight is 154 g/mol. The SMILES string of the molecule is O=C1CN(C2CCC2)CCN1. The first kappa shape index (κ1) is 7.10. The average Bonchev–Trinajstić information content (AvgIpc) is 1.83. The predicted molar refractivity (Wildman–Crippen MR) is 42.2 cm³/mol. The molecule has 1 aliphatic carbocycles.